The van der Waals surface area contributed by atoms with Gasteiger partial charge in [0.15, 0.2) is 0 Å². The Labute approximate surface area is 150 Å². The van der Waals surface area contributed by atoms with E-state index in [1.807, 2.05) is 49.4 Å². The molecule has 3 aromatic rings. The van der Waals surface area contributed by atoms with Crippen LogP contribution in [0.25, 0.3) is 10.9 Å². The quantitative estimate of drug-likeness (QED) is 0.621. The number of H-pyrrole nitrogens is 1. The normalized spacial score (nSPS) is 11.0. The van der Waals surface area contributed by atoms with E-state index >= 15 is 0 Å². The first-order valence-corrected chi connectivity index (χ1v) is 8.96. The Morgan fingerprint density at radius 2 is 1.96 bits per heavy atom. The second kappa shape index (κ2) is 7.32. The Morgan fingerprint density at radius 1 is 1.21 bits per heavy atom. The standard InChI is InChI=1S/C19H18ClNO2S/c1-3-23-18(22)10-13-4-7-15(8-5-13)24-19-12(2)21-17-11-14(20)6-9-16(17)19/h4-9,11,21H,3,10H2,1-2H3. The number of aromatic nitrogens is 1. The number of nitrogens with one attached hydrogen (secondary N) is 1. The first-order chi connectivity index (χ1) is 11.6. The molecule has 1 N–H and O–H groups in total. The van der Waals surface area contributed by atoms with Gasteiger partial charge in [0.2, 0.25) is 0 Å². The van der Waals surface area contributed by atoms with Crippen LogP contribution in [0.4, 0.5) is 0 Å². The lowest BCUT2D eigenvalue weighted by Gasteiger charge is -2.05. The summed E-state index contributed by atoms with van der Waals surface area (Å²) in [5, 5.41) is 1.89. The van der Waals surface area contributed by atoms with Crippen molar-refractivity contribution in [1.29, 1.82) is 0 Å². The Balaban J connectivity index is 1.79. The highest BCUT2D eigenvalue weighted by molar-refractivity contribution is 7.99. The second-order valence-electron chi connectivity index (χ2n) is 5.50. The number of ether oxygens (including phenoxy) is 1. The van der Waals surface area contributed by atoms with Gasteiger partial charge in [-0.2, -0.15) is 0 Å². The molecule has 0 saturated carbocycles. The summed E-state index contributed by atoms with van der Waals surface area (Å²) >= 11 is 7.76. The first kappa shape index (κ1) is 16.9. The lowest BCUT2D eigenvalue weighted by molar-refractivity contribution is -0.142. The molecule has 0 amide bonds. The van der Waals surface area contributed by atoms with Gasteiger partial charge in [-0.1, -0.05) is 41.6 Å². The van der Waals surface area contributed by atoms with Crippen LogP contribution >= 0.6 is 23.4 Å². The predicted molar refractivity (Wildman–Crippen MR) is 98.9 cm³/mol. The van der Waals surface area contributed by atoms with Crippen molar-refractivity contribution in [3.63, 3.8) is 0 Å². The van der Waals surface area contributed by atoms with E-state index in [9.17, 15) is 4.79 Å². The summed E-state index contributed by atoms with van der Waals surface area (Å²) in [7, 11) is 0. The fraction of sp³-hybridized carbons (Fsp3) is 0.211. The molecule has 3 rings (SSSR count). The third-order valence-electron chi connectivity index (χ3n) is 3.69. The molecule has 0 aliphatic carbocycles. The van der Waals surface area contributed by atoms with Crippen molar-refractivity contribution in [2.24, 2.45) is 0 Å². The molecule has 5 heteroatoms. The monoisotopic (exact) mass is 359 g/mol. The number of carbonyl (C=O) groups is 1. The average molecular weight is 360 g/mol. The fourth-order valence-electron chi connectivity index (χ4n) is 2.58. The van der Waals surface area contributed by atoms with Crippen molar-refractivity contribution in [3.8, 4) is 0 Å². The summed E-state index contributed by atoms with van der Waals surface area (Å²) in [6.07, 6.45) is 0.309. The Morgan fingerprint density at radius 3 is 2.67 bits per heavy atom. The molecule has 0 bridgehead atoms. The summed E-state index contributed by atoms with van der Waals surface area (Å²) in [5.74, 6) is -0.192. The fourth-order valence-corrected chi connectivity index (χ4v) is 3.75. The lowest BCUT2D eigenvalue weighted by atomic mass is 10.1. The molecule has 0 aliphatic heterocycles. The van der Waals surface area contributed by atoms with E-state index in [1.54, 1.807) is 11.8 Å². The number of carbonyl (C=O) groups excluding carboxylic acids is 1. The molecule has 0 fully saturated rings. The number of rotatable bonds is 5. The largest absolute Gasteiger partial charge is 0.466 e. The Bertz CT molecular complexity index is 871. The number of fused-ring (bicyclic) bond motifs is 1. The Kier molecular flexibility index (Phi) is 5.17. The third-order valence-corrected chi connectivity index (χ3v) is 5.16. The smallest absolute Gasteiger partial charge is 0.310 e. The van der Waals surface area contributed by atoms with Gasteiger partial charge in [0.05, 0.1) is 13.0 Å². The zero-order valence-electron chi connectivity index (χ0n) is 13.6. The zero-order valence-corrected chi connectivity index (χ0v) is 15.1. The molecule has 1 aromatic heterocycles. The molecular weight excluding hydrogens is 342 g/mol. The van der Waals surface area contributed by atoms with Gasteiger partial charge in [0, 0.05) is 31.4 Å². The van der Waals surface area contributed by atoms with E-state index in [0.29, 0.717) is 13.0 Å². The number of hydrogen-bond donors (Lipinski definition) is 1. The lowest BCUT2D eigenvalue weighted by Crippen LogP contribution is -2.07. The molecular formula is C19H18ClNO2S. The van der Waals surface area contributed by atoms with Crippen LogP contribution in [0.1, 0.15) is 18.2 Å². The van der Waals surface area contributed by atoms with Crippen LogP contribution in [-0.2, 0) is 16.0 Å². The van der Waals surface area contributed by atoms with Gasteiger partial charge in [-0.3, -0.25) is 4.79 Å². The number of benzene rings is 2. The summed E-state index contributed by atoms with van der Waals surface area (Å²) in [4.78, 5) is 17.2. The van der Waals surface area contributed by atoms with Crippen molar-refractivity contribution < 1.29 is 9.53 Å². The van der Waals surface area contributed by atoms with E-state index < -0.39 is 0 Å². The van der Waals surface area contributed by atoms with Gasteiger partial charge >= 0.3 is 5.97 Å². The number of hydrogen-bond acceptors (Lipinski definition) is 3. The maximum atomic E-state index is 11.5. The molecule has 0 unspecified atom stereocenters. The molecule has 1 heterocycles. The molecule has 0 saturated heterocycles. The van der Waals surface area contributed by atoms with Crippen molar-refractivity contribution >= 4 is 40.2 Å². The molecule has 0 atom stereocenters. The third kappa shape index (κ3) is 3.77. The predicted octanol–water partition coefficient (Wildman–Crippen LogP) is 5.39. The highest BCUT2D eigenvalue weighted by atomic mass is 35.5. The minimum Gasteiger partial charge on any atom is -0.466 e. The van der Waals surface area contributed by atoms with E-state index in [4.69, 9.17) is 16.3 Å². The summed E-state index contributed by atoms with van der Waals surface area (Å²) in [6, 6.07) is 13.9. The summed E-state index contributed by atoms with van der Waals surface area (Å²) < 4.78 is 4.98. The maximum Gasteiger partial charge on any atom is 0.310 e. The van der Waals surface area contributed by atoms with E-state index in [0.717, 1.165) is 32.1 Å². The highest BCUT2D eigenvalue weighted by Gasteiger charge is 2.11. The molecule has 2 aromatic carbocycles. The van der Waals surface area contributed by atoms with Gasteiger partial charge < -0.3 is 9.72 Å². The van der Waals surface area contributed by atoms with Crippen LogP contribution in [-0.4, -0.2) is 17.6 Å². The SMILES string of the molecule is CCOC(=O)Cc1ccc(Sc2c(C)[nH]c3cc(Cl)ccc23)cc1. The molecule has 124 valence electrons. The van der Waals surface area contributed by atoms with Crippen LogP contribution in [0.2, 0.25) is 5.02 Å². The number of aromatic amines is 1. The number of aryl methyl sites for hydroxylation is 1. The van der Waals surface area contributed by atoms with E-state index in [2.05, 4.69) is 11.9 Å². The van der Waals surface area contributed by atoms with E-state index in [1.165, 1.54) is 4.90 Å². The van der Waals surface area contributed by atoms with Crippen LogP contribution < -0.4 is 0 Å². The van der Waals surface area contributed by atoms with Crippen LogP contribution in [0.15, 0.2) is 52.3 Å². The van der Waals surface area contributed by atoms with Crippen LogP contribution in [0, 0.1) is 6.92 Å². The van der Waals surface area contributed by atoms with Crippen molar-refractivity contribution in [2.45, 2.75) is 30.1 Å². The van der Waals surface area contributed by atoms with E-state index in [-0.39, 0.29) is 5.97 Å². The van der Waals surface area contributed by atoms with Gasteiger partial charge in [-0.05, 0) is 43.7 Å². The van der Waals surface area contributed by atoms with Crippen molar-refractivity contribution in [1.82, 2.24) is 4.98 Å². The van der Waals surface area contributed by atoms with Crippen LogP contribution in [0.3, 0.4) is 0 Å². The van der Waals surface area contributed by atoms with Crippen molar-refractivity contribution in [2.75, 3.05) is 6.61 Å². The number of esters is 1. The summed E-state index contributed by atoms with van der Waals surface area (Å²) in [6.45, 7) is 4.29. The molecule has 0 aliphatic rings. The summed E-state index contributed by atoms with van der Waals surface area (Å²) in [5.41, 5.74) is 3.12. The van der Waals surface area contributed by atoms with Crippen molar-refractivity contribution in [3.05, 3.63) is 58.7 Å². The first-order valence-electron chi connectivity index (χ1n) is 7.77. The molecule has 0 spiro atoms. The topological polar surface area (TPSA) is 42.1 Å². The van der Waals surface area contributed by atoms with Gasteiger partial charge in [-0.15, -0.1) is 0 Å². The number of halogens is 1. The molecule has 24 heavy (non-hydrogen) atoms. The maximum absolute atomic E-state index is 11.5. The minimum atomic E-state index is -0.192. The minimum absolute atomic E-state index is 0.192. The second-order valence-corrected chi connectivity index (χ2v) is 7.02. The highest BCUT2D eigenvalue weighted by Crippen LogP contribution is 2.37. The Hall–Kier alpha value is -1.91. The van der Waals surface area contributed by atoms with Gasteiger partial charge in [0.25, 0.3) is 0 Å². The average Bonchev–Trinajstić information content (AvgIpc) is 2.84. The van der Waals surface area contributed by atoms with Gasteiger partial charge in [0.1, 0.15) is 0 Å². The zero-order chi connectivity index (χ0) is 17.1. The molecule has 0 radical (unpaired) electrons. The van der Waals surface area contributed by atoms with Crippen LogP contribution in [0.5, 0.6) is 0 Å². The van der Waals surface area contributed by atoms with Gasteiger partial charge in [-0.25, -0.2) is 0 Å². The molecule has 3 nitrogen and oxygen atoms in total.